The van der Waals surface area contributed by atoms with Crippen molar-refractivity contribution in [3.63, 3.8) is 0 Å². The number of carbonyl (C=O) groups excluding carboxylic acids is 4. The van der Waals surface area contributed by atoms with Gasteiger partial charge in [-0.15, -0.1) is 0 Å². The highest BCUT2D eigenvalue weighted by molar-refractivity contribution is 6.33. The quantitative estimate of drug-likeness (QED) is 0.380. The van der Waals surface area contributed by atoms with Gasteiger partial charge in [0, 0.05) is 5.69 Å². The summed E-state index contributed by atoms with van der Waals surface area (Å²) in [5, 5.41) is 5.04. The monoisotopic (exact) mass is 493 g/mol. The van der Waals surface area contributed by atoms with Gasteiger partial charge in [0.1, 0.15) is 17.1 Å². The van der Waals surface area contributed by atoms with E-state index in [1.165, 1.54) is 24.5 Å². The molecule has 0 atom stereocenters. The Labute approximate surface area is 205 Å². The lowest BCUT2D eigenvalue weighted by molar-refractivity contribution is -0.130. The van der Waals surface area contributed by atoms with Gasteiger partial charge in [-0.1, -0.05) is 35.4 Å². The van der Waals surface area contributed by atoms with E-state index in [0.717, 1.165) is 10.5 Å². The molecule has 3 aromatic rings. The van der Waals surface area contributed by atoms with Crippen LogP contribution in [-0.2, 0) is 20.9 Å². The van der Waals surface area contributed by atoms with Crippen molar-refractivity contribution in [2.45, 2.75) is 13.5 Å². The van der Waals surface area contributed by atoms with Gasteiger partial charge in [-0.25, -0.2) is 4.79 Å². The van der Waals surface area contributed by atoms with E-state index in [1.807, 2.05) is 19.1 Å². The smallest absolute Gasteiger partial charge is 0.331 e. The first-order valence-corrected chi connectivity index (χ1v) is 10.9. The zero-order valence-corrected chi connectivity index (χ0v) is 19.3. The summed E-state index contributed by atoms with van der Waals surface area (Å²) < 4.78 is 10.7. The van der Waals surface area contributed by atoms with Crippen LogP contribution in [0.4, 0.5) is 10.5 Å². The Kier molecular flexibility index (Phi) is 6.98. The Morgan fingerprint density at radius 2 is 1.91 bits per heavy atom. The van der Waals surface area contributed by atoms with Crippen LogP contribution in [-0.4, -0.2) is 35.3 Å². The SMILES string of the molecule is Cc1ccc(NC(=O)COc2ccc(/C=C3\C(=O)NC(=O)N(Cc4ccco4)C3=O)cc2Cl)cc1. The molecule has 10 heteroatoms. The summed E-state index contributed by atoms with van der Waals surface area (Å²) in [7, 11) is 0. The maximum absolute atomic E-state index is 12.8. The van der Waals surface area contributed by atoms with E-state index < -0.39 is 17.8 Å². The normalized spacial score (nSPS) is 14.7. The maximum atomic E-state index is 12.8. The summed E-state index contributed by atoms with van der Waals surface area (Å²) in [6, 6.07) is 14.3. The van der Waals surface area contributed by atoms with Gasteiger partial charge in [0.05, 0.1) is 17.8 Å². The summed E-state index contributed by atoms with van der Waals surface area (Å²) in [6.45, 7) is 1.56. The molecule has 0 spiro atoms. The molecule has 0 bridgehead atoms. The number of benzene rings is 2. The van der Waals surface area contributed by atoms with Gasteiger partial charge >= 0.3 is 6.03 Å². The highest BCUT2D eigenvalue weighted by Gasteiger charge is 2.36. The molecular weight excluding hydrogens is 474 g/mol. The third-order valence-electron chi connectivity index (χ3n) is 5.04. The van der Waals surface area contributed by atoms with Crippen molar-refractivity contribution in [1.82, 2.24) is 10.2 Å². The molecule has 0 aliphatic carbocycles. The minimum atomic E-state index is -0.834. The van der Waals surface area contributed by atoms with Crippen molar-refractivity contribution in [2.24, 2.45) is 0 Å². The summed E-state index contributed by atoms with van der Waals surface area (Å²) >= 11 is 6.28. The molecule has 2 heterocycles. The molecule has 4 rings (SSSR count). The van der Waals surface area contributed by atoms with E-state index in [1.54, 1.807) is 30.3 Å². The van der Waals surface area contributed by atoms with Crippen LogP contribution in [0.3, 0.4) is 0 Å². The first-order valence-electron chi connectivity index (χ1n) is 10.5. The molecule has 0 radical (unpaired) electrons. The number of ether oxygens (including phenoxy) is 1. The topological polar surface area (TPSA) is 118 Å². The fourth-order valence-corrected chi connectivity index (χ4v) is 3.51. The Morgan fingerprint density at radius 3 is 2.60 bits per heavy atom. The fourth-order valence-electron chi connectivity index (χ4n) is 3.26. The number of nitrogens with one attached hydrogen (secondary N) is 2. The molecular formula is C25H20ClN3O6. The van der Waals surface area contributed by atoms with Crippen LogP contribution in [0.1, 0.15) is 16.9 Å². The third kappa shape index (κ3) is 5.77. The summed E-state index contributed by atoms with van der Waals surface area (Å²) in [6.07, 6.45) is 2.74. The molecule has 1 saturated heterocycles. The summed E-state index contributed by atoms with van der Waals surface area (Å²) in [5.74, 6) is -1.30. The molecule has 2 aromatic carbocycles. The predicted octanol–water partition coefficient (Wildman–Crippen LogP) is 3.92. The molecule has 1 aromatic heterocycles. The number of nitrogens with zero attached hydrogens (tertiary/aromatic N) is 1. The number of carbonyl (C=O) groups is 4. The number of hydrogen-bond donors (Lipinski definition) is 2. The first kappa shape index (κ1) is 23.8. The Balaban J connectivity index is 1.43. The number of halogens is 1. The molecule has 1 aliphatic heterocycles. The minimum absolute atomic E-state index is 0.125. The highest BCUT2D eigenvalue weighted by Crippen LogP contribution is 2.27. The average Bonchev–Trinajstić information content (AvgIpc) is 3.34. The fraction of sp³-hybridized carbons (Fsp3) is 0.120. The van der Waals surface area contributed by atoms with Crippen LogP contribution in [0.5, 0.6) is 5.75 Å². The Hall–Kier alpha value is -4.37. The second-order valence-corrected chi connectivity index (χ2v) is 8.09. The number of amides is 5. The number of rotatable bonds is 7. The molecule has 35 heavy (non-hydrogen) atoms. The van der Waals surface area contributed by atoms with Crippen LogP contribution < -0.4 is 15.4 Å². The maximum Gasteiger partial charge on any atom is 0.331 e. The Bertz CT molecular complexity index is 1320. The number of anilines is 1. The molecule has 0 unspecified atom stereocenters. The molecule has 1 aliphatic rings. The van der Waals surface area contributed by atoms with E-state index in [4.69, 9.17) is 20.8 Å². The van der Waals surface area contributed by atoms with Crippen LogP contribution in [0.25, 0.3) is 6.08 Å². The average molecular weight is 494 g/mol. The minimum Gasteiger partial charge on any atom is -0.482 e. The molecule has 5 amide bonds. The molecule has 178 valence electrons. The van der Waals surface area contributed by atoms with Gasteiger partial charge in [0.15, 0.2) is 6.61 Å². The number of urea groups is 1. The number of aryl methyl sites for hydroxylation is 1. The van der Waals surface area contributed by atoms with Crippen molar-refractivity contribution in [2.75, 3.05) is 11.9 Å². The highest BCUT2D eigenvalue weighted by atomic mass is 35.5. The first-order chi connectivity index (χ1) is 16.8. The van der Waals surface area contributed by atoms with Gasteiger partial charge in [-0.2, -0.15) is 0 Å². The summed E-state index contributed by atoms with van der Waals surface area (Å²) in [5.41, 5.74) is 1.91. The van der Waals surface area contributed by atoms with E-state index in [2.05, 4.69) is 10.6 Å². The number of barbiturate groups is 1. The van der Waals surface area contributed by atoms with E-state index in [-0.39, 0.29) is 35.4 Å². The molecule has 1 fully saturated rings. The van der Waals surface area contributed by atoms with E-state index >= 15 is 0 Å². The van der Waals surface area contributed by atoms with Gasteiger partial charge < -0.3 is 14.5 Å². The van der Waals surface area contributed by atoms with Gasteiger partial charge in [0.25, 0.3) is 17.7 Å². The van der Waals surface area contributed by atoms with Crippen LogP contribution in [0.2, 0.25) is 5.02 Å². The lowest BCUT2D eigenvalue weighted by Gasteiger charge is -2.25. The Morgan fingerprint density at radius 1 is 1.14 bits per heavy atom. The van der Waals surface area contributed by atoms with Gasteiger partial charge in [0.2, 0.25) is 0 Å². The van der Waals surface area contributed by atoms with Crippen LogP contribution >= 0.6 is 11.6 Å². The number of hydrogen-bond acceptors (Lipinski definition) is 6. The van der Waals surface area contributed by atoms with Crippen molar-refractivity contribution in [1.29, 1.82) is 0 Å². The zero-order valence-electron chi connectivity index (χ0n) is 18.5. The predicted molar refractivity (Wildman–Crippen MR) is 128 cm³/mol. The van der Waals surface area contributed by atoms with Crippen molar-refractivity contribution in [3.8, 4) is 5.75 Å². The summed E-state index contributed by atoms with van der Waals surface area (Å²) in [4.78, 5) is 50.2. The second kappa shape index (κ2) is 10.3. The number of furan rings is 1. The van der Waals surface area contributed by atoms with Gasteiger partial charge in [-0.05, 0) is 55.0 Å². The van der Waals surface area contributed by atoms with E-state index in [9.17, 15) is 19.2 Å². The lowest BCUT2D eigenvalue weighted by Crippen LogP contribution is -2.53. The van der Waals surface area contributed by atoms with Crippen molar-refractivity contribution >= 4 is 47.1 Å². The largest absolute Gasteiger partial charge is 0.482 e. The molecule has 2 N–H and O–H groups in total. The van der Waals surface area contributed by atoms with Crippen LogP contribution in [0, 0.1) is 6.92 Å². The molecule has 9 nitrogen and oxygen atoms in total. The van der Waals surface area contributed by atoms with Gasteiger partial charge in [-0.3, -0.25) is 24.6 Å². The van der Waals surface area contributed by atoms with Crippen molar-refractivity contribution < 1.29 is 28.3 Å². The van der Waals surface area contributed by atoms with Crippen molar-refractivity contribution in [3.05, 3.63) is 88.3 Å². The van der Waals surface area contributed by atoms with E-state index in [0.29, 0.717) is 17.0 Å². The van der Waals surface area contributed by atoms with Crippen LogP contribution in [0.15, 0.2) is 70.9 Å². The lowest BCUT2D eigenvalue weighted by atomic mass is 10.1. The number of imide groups is 2. The zero-order chi connectivity index (χ0) is 24.9. The standard InChI is InChI=1S/C25H20ClN3O6/c1-15-4-7-17(8-5-15)27-22(30)14-35-21-9-6-16(12-20(21)26)11-19-23(31)28-25(33)29(24(19)32)13-18-3-2-10-34-18/h2-12H,13-14H2,1H3,(H,27,30)(H,28,31,33)/b19-11+. The molecule has 0 saturated carbocycles. The second-order valence-electron chi connectivity index (χ2n) is 7.68. The third-order valence-corrected chi connectivity index (χ3v) is 5.34.